The maximum absolute atomic E-state index is 15.4. The predicted molar refractivity (Wildman–Crippen MR) is 179 cm³/mol. The van der Waals surface area contributed by atoms with E-state index in [1.807, 2.05) is 34.9 Å². The highest BCUT2D eigenvalue weighted by Gasteiger charge is 2.52. The number of rotatable bonds is 9. The van der Waals surface area contributed by atoms with E-state index in [9.17, 15) is 57.5 Å². The third-order valence-corrected chi connectivity index (χ3v) is 9.20. The Bertz CT molecular complexity index is 2580. The van der Waals surface area contributed by atoms with Crippen molar-refractivity contribution >= 4 is 34.0 Å². The molecule has 0 N–H and O–H groups in total. The van der Waals surface area contributed by atoms with Gasteiger partial charge in [0.2, 0.25) is 11.9 Å². The Morgan fingerprint density at radius 3 is 1.14 bits per heavy atom. The van der Waals surface area contributed by atoms with Gasteiger partial charge in [-0.1, -0.05) is 35.4 Å². The van der Waals surface area contributed by atoms with E-state index in [-0.39, 0.29) is 12.4 Å². The largest absolute Gasteiger partial charge is 0.455 e. The van der Waals surface area contributed by atoms with Crippen LogP contribution in [0.4, 0.5) is 87.8 Å². The van der Waals surface area contributed by atoms with Gasteiger partial charge < -0.3 is 4.74 Å². The maximum Gasteiger partial charge on any atom is 0.363 e. The van der Waals surface area contributed by atoms with E-state index in [1.165, 1.54) is 6.20 Å². The summed E-state index contributed by atoms with van der Waals surface area (Å²) in [6.45, 7) is 0.282. The number of hydrogen-bond donors (Lipinski definition) is 0. The molecule has 0 radical (unpaired) electrons. The highest BCUT2D eigenvalue weighted by atomic mass is 19.2. The fraction of sp³-hybridized carbons (Fsp3) is 0.0541. The summed E-state index contributed by atoms with van der Waals surface area (Å²) in [5, 5.41) is 3.13. The number of ether oxygens (including phenoxy) is 1. The highest BCUT2D eigenvalue weighted by Crippen LogP contribution is 2.30. The molecule has 340 valence electrons. The molecule has 0 atom stereocenters. The summed E-state index contributed by atoms with van der Waals surface area (Å²) in [6, 6.07) is 9.83. The topological polar surface area (TPSA) is 91.8 Å². The van der Waals surface area contributed by atoms with Crippen LogP contribution in [0.1, 0.15) is 16.1 Å². The minimum Gasteiger partial charge on any atom is -0.455 e. The molecule has 0 amide bonds. The van der Waals surface area contributed by atoms with E-state index in [0.717, 1.165) is 5.56 Å². The van der Waals surface area contributed by atoms with Crippen molar-refractivity contribution in [2.24, 2.45) is 5.11 Å². The van der Waals surface area contributed by atoms with E-state index in [0.29, 0.717) is 6.54 Å². The molecule has 0 aliphatic carbocycles. The lowest BCUT2D eigenvalue weighted by atomic mass is 9.12. The number of carbonyl (C=O) groups excluding carboxylic acids is 1. The molecule has 0 bridgehead atoms. The molecule has 0 saturated carbocycles. The van der Waals surface area contributed by atoms with Crippen molar-refractivity contribution in [2.75, 3.05) is 6.73 Å². The first kappa shape index (κ1) is 48.7. The molecular weight excluding hydrogens is 937 g/mol. The summed E-state index contributed by atoms with van der Waals surface area (Å²) in [5.74, 6) is -72.0. The van der Waals surface area contributed by atoms with Gasteiger partial charge in [0.1, 0.15) is 52.7 Å². The van der Waals surface area contributed by atoms with Gasteiger partial charge >= 0.3 is 5.97 Å². The van der Waals surface area contributed by atoms with Crippen molar-refractivity contribution in [1.82, 2.24) is 4.98 Å². The second-order valence-electron chi connectivity index (χ2n) is 12.7. The Kier molecular flexibility index (Phi) is 14.0. The van der Waals surface area contributed by atoms with Crippen molar-refractivity contribution < 1.29 is 102 Å². The van der Waals surface area contributed by atoms with Crippen LogP contribution >= 0.6 is 0 Å². The summed E-state index contributed by atoms with van der Waals surface area (Å²) < 4.78 is 301. The molecule has 0 fully saturated rings. The summed E-state index contributed by atoms with van der Waals surface area (Å²) in [7, 11) is 0. The van der Waals surface area contributed by atoms with Crippen molar-refractivity contribution in [3.05, 3.63) is 187 Å². The molecule has 0 aliphatic heterocycles. The Labute approximate surface area is 346 Å². The molecule has 5 aromatic carbocycles. The Morgan fingerprint density at radius 1 is 0.523 bits per heavy atom. The quantitative estimate of drug-likeness (QED) is 0.0172. The number of benzene rings is 5. The van der Waals surface area contributed by atoms with Gasteiger partial charge in [0.15, 0.2) is 89.3 Å². The molecular formula is C37H12BF20N5O2. The van der Waals surface area contributed by atoms with Crippen LogP contribution in [0.15, 0.2) is 54.0 Å². The second-order valence-corrected chi connectivity index (χ2v) is 12.7. The maximum atomic E-state index is 15.4. The smallest absolute Gasteiger partial charge is 0.363 e. The van der Waals surface area contributed by atoms with Crippen LogP contribution in [0.5, 0.6) is 0 Å². The normalized spacial score (nSPS) is 11.3. The Balaban J connectivity index is 0.000000330. The zero-order valence-corrected chi connectivity index (χ0v) is 30.7. The van der Waals surface area contributed by atoms with Crippen LogP contribution in [-0.2, 0) is 11.3 Å². The number of aromatic nitrogens is 2. The zero-order chi connectivity index (χ0) is 48.6. The molecule has 28 heteroatoms. The van der Waals surface area contributed by atoms with Gasteiger partial charge in [-0.05, 0) is 5.53 Å². The molecule has 6 rings (SSSR count). The fourth-order valence-corrected chi connectivity index (χ4v) is 6.49. The van der Waals surface area contributed by atoms with Crippen LogP contribution in [0.25, 0.3) is 10.4 Å². The van der Waals surface area contributed by atoms with Gasteiger partial charge in [0.25, 0.3) is 0 Å². The minimum atomic E-state index is -7.22. The van der Waals surface area contributed by atoms with Gasteiger partial charge in [-0.3, -0.25) is 0 Å². The number of esters is 1. The van der Waals surface area contributed by atoms with Gasteiger partial charge in [-0.15, -0.1) is 21.9 Å². The van der Waals surface area contributed by atoms with Gasteiger partial charge in [0.05, 0.1) is 6.20 Å². The third kappa shape index (κ3) is 8.19. The molecule has 0 unspecified atom stereocenters. The summed E-state index contributed by atoms with van der Waals surface area (Å²) in [4.78, 5) is 18.1. The van der Waals surface area contributed by atoms with Crippen LogP contribution < -0.4 is 26.4 Å². The molecule has 0 aliphatic rings. The van der Waals surface area contributed by atoms with Crippen molar-refractivity contribution in [1.29, 1.82) is 0 Å². The molecule has 1 aromatic heterocycles. The van der Waals surface area contributed by atoms with E-state index in [1.54, 1.807) is 12.4 Å². The molecule has 6 aromatic rings. The van der Waals surface area contributed by atoms with Crippen LogP contribution in [0.3, 0.4) is 0 Å². The van der Waals surface area contributed by atoms with Crippen LogP contribution in [0, 0.1) is 116 Å². The predicted octanol–water partition coefficient (Wildman–Crippen LogP) is 7.69. The second kappa shape index (κ2) is 18.8. The lowest BCUT2D eigenvalue weighted by Gasteiger charge is -2.44. The third-order valence-electron chi connectivity index (χ3n) is 9.20. The highest BCUT2D eigenvalue weighted by molar-refractivity contribution is 7.20. The number of azide groups is 1. The summed E-state index contributed by atoms with van der Waals surface area (Å²) in [5.41, 5.74) is -4.95. The van der Waals surface area contributed by atoms with Gasteiger partial charge in [-0.2, -0.15) is 4.57 Å². The first-order chi connectivity index (χ1) is 30.5. The standard InChI is InChI=1S/C24BF20.C13H12N5O2/c26-5-1(6(27)14(35)21(42)13(5)34)25(2-7(28)15(36)22(43)16(37)8(2)29,3-9(30)17(38)23(44)18(39)10(3)31)4-11(32)19(40)24(45)20(41)12(4)33;14-17-16-10-20-13(19)12-9-18(7-6-15-12)8-11-4-2-1-3-5-11/h;1-7,9H,8,10H2/q-1;+1. The van der Waals surface area contributed by atoms with Crippen molar-refractivity contribution in [3.63, 3.8) is 0 Å². The molecule has 1 heterocycles. The van der Waals surface area contributed by atoms with Gasteiger partial charge in [-0.25, -0.2) is 97.6 Å². The molecule has 0 saturated heterocycles. The van der Waals surface area contributed by atoms with E-state index >= 15 is 35.1 Å². The van der Waals surface area contributed by atoms with Crippen molar-refractivity contribution in [3.8, 4) is 0 Å². The molecule has 7 nitrogen and oxygen atoms in total. The van der Waals surface area contributed by atoms with E-state index in [4.69, 9.17) is 10.3 Å². The monoisotopic (exact) mass is 949 g/mol. The average Bonchev–Trinajstić information content (AvgIpc) is 3.29. The minimum absolute atomic E-state index is 0.163. The van der Waals surface area contributed by atoms with Crippen LogP contribution in [-0.4, -0.2) is 23.8 Å². The number of halogens is 20. The number of carbonyl (C=O) groups is 1. The average molecular weight is 949 g/mol. The molecule has 0 spiro atoms. The lowest BCUT2D eigenvalue weighted by Crippen LogP contribution is -2.81. The first-order valence-corrected chi connectivity index (χ1v) is 16.8. The van der Waals surface area contributed by atoms with E-state index in [2.05, 4.69) is 15.0 Å². The van der Waals surface area contributed by atoms with Crippen molar-refractivity contribution in [2.45, 2.75) is 6.54 Å². The van der Waals surface area contributed by atoms with Gasteiger partial charge in [0, 0.05) is 10.5 Å². The number of nitrogens with zero attached hydrogens (tertiary/aromatic N) is 5. The molecule has 65 heavy (non-hydrogen) atoms. The number of hydrogen-bond acceptors (Lipinski definition) is 4. The summed E-state index contributed by atoms with van der Waals surface area (Å²) >= 11 is 0. The Morgan fingerprint density at radius 2 is 0.831 bits per heavy atom. The van der Waals surface area contributed by atoms with E-state index < -0.39 is 150 Å². The fourth-order valence-electron chi connectivity index (χ4n) is 6.49. The van der Waals surface area contributed by atoms with Crippen LogP contribution in [0.2, 0.25) is 0 Å². The zero-order valence-electron chi connectivity index (χ0n) is 30.7. The Hall–Kier alpha value is -7.38. The first-order valence-electron chi connectivity index (χ1n) is 16.8. The SMILES string of the molecule is Fc1c(F)c(F)c([B-](c2c(F)c(F)c(F)c(F)c2F)(c2c(F)c(F)c(F)c(F)c2F)c2c(F)c(F)c(F)c(F)c2F)c(F)c1F.[N-]=[N+]=NCOC(=O)c1c[n+](Cc2ccccc2)ccn1. The lowest BCUT2D eigenvalue weighted by molar-refractivity contribution is -0.689. The summed E-state index contributed by atoms with van der Waals surface area (Å²) in [6.07, 6.45) is -2.35.